The zero-order valence-corrected chi connectivity index (χ0v) is 10.5. The van der Waals surface area contributed by atoms with Crippen molar-refractivity contribution in [1.29, 1.82) is 0 Å². The molecule has 0 aliphatic carbocycles. The summed E-state index contributed by atoms with van der Waals surface area (Å²) >= 11 is 0. The Morgan fingerprint density at radius 3 is 1.92 bits per heavy atom. The average molecular weight is 247 g/mol. The minimum absolute atomic E-state index is 0. The smallest absolute Gasteiger partial charge is 0.0166 e. The van der Waals surface area contributed by atoms with E-state index in [1.807, 2.05) is 0 Å². The number of halogens is 1. The van der Waals surface area contributed by atoms with Crippen molar-refractivity contribution in [3.05, 3.63) is 30.3 Å². The predicted molar refractivity (Wildman–Crippen MR) is 64.5 cm³/mol. The van der Waals surface area contributed by atoms with E-state index in [1.165, 1.54) is 5.30 Å². The Morgan fingerprint density at radius 1 is 1.00 bits per heavy atom. The number of hydrogen-bond acceptors (Lipinski definition) is 0. The minimum atomic E-state index is 0. The lowest BCUT2D eigenvalue weighted by molar-refractivity contribution is 0.799. The van der Waals surface area contributed by atoms with Crippen molar-refractivity contribution < 1.29 is 0 Å². The molecule has 1 unspecified atom stereocenters. The van der Waals surface area contributed by atoms with Crippen molar-refractivity contribution in [2.24, 2.45) is 0 Å². The Labute approximate surface area is 87.3 Å². The lowest BCUT2D eigenvalue weighted by Gasteiger charge is -2.17. The topological polar surface area (TPSA) is 0 Å². The zero-order chi connectivity index (χ0) is 8.32. The molecule has 1 aromatic rings. The molecule has 0 aromatic heterocycles. The fourth-order valence-corrected chi connectivity index (χ4v) is 2.18. The Morgan fingerprint density at radius 2 is 1.50 bits per heavy atom. The number of hydrogen-bond donors (Lipinski definition) is 0. The Kier molecular flexibility index (Phi) is 5.04. The first-order chi connectivity index (χ1) is 5.08. The minimum Gasteiger partial charge on any atom is -0.114 e. The summed E-state index contributed by atoms with van der Waals surface area (Å²) in [6.07, 6.45) is 0. The summed E-state index contributed by atoms with van der Waals surface area (Å²) in [6.45, 7) is 6.83. The van der Waals surface area contributed by atoms with Gasteiger partial charge in [0.05, 0.1) is 0 Å². The summed E-state index contributed by atoms with van der Waals surface area (Å²) in [4.78, 5) is 0. The summed E-state index contributed by atoms with van der Waals surface area (Å²) in [6, 6.07) is 10.7. The van der Waals surface area contributed by atoms with Crippen molar-refractivity contribution in [2.45, 2.75) is 25.9 Å². The Bertz CT molecular complexity index is 213. The van der Waals surface area contributed by atoms with Crippen LogP contribution in [0.5, 0.6) is 0 Å². The highest BCUT2D eigenvalue weighted by atomic mass is 79.9. The summed E-state index contributed by atoms with van der Waals surface area (Å²) in [5.74, 6) is 0. The molecule has 0 spiro atoms. The molecule has 0 saturated carbocycles. The third-order valence-electron chi connectivity index (χ3n) is 1.29. The van der Waals surface area contributed by atoms with E-state index >= 15 is 0 Å². The quantitative estimate of drug-likeness (QED) is 0.667. The first-order valence-electron chi connectivity index (χ1n) is 3.91. The van der Waals surface area contributed by atoms with E-state index < -0.39 is 0 Å². The van der Waals surface area contributed by atoms with Gasteiger partial charge in [-0.25, -0.2) is 0 Å². The van der Waals surface area contributed by atoms with Crippen molar-refractivity contribution >= 4 is 30.9 Å². The van der Waals surface area contributed by atoms with Gasteiger partial charge in [0.1, 0.15) is 0 Å². The second kappa shape index (κ2) is 4.99. The molecule has 12 heavy (non-hydrogen) atoms. The molecule has 0 N–H and O–H groups in total. The lowest BCUT2D eigenvalue weighted by atomic mass is 10.3. The fraction of sp³-hybridized carbons (Fsp3) is 0.400. The van der Waals surface area contributed by atoms with E-state index in [1.54, 1.807) is 0 Å². The van der Waals surface area contributed by atoms with E-state index in [9.17, 15) is 0 Å². The van der Waals surface area contributed by atoms with Gasteiger partial charge in [-0.2, -0.15) is 0 Å². The maximum Gasteiger partial charge on any atom is -0.0166 e. The van der Waals surface area contributed by atoms with E-state index in [0.29, 0.717) is 5.16 Å². The highest BCUT2D eigenvalue weighted by molar-refractivity contribution is 8.93. The van der Waals surface area contributed by atoms with Gasteiger partial charge in [-0.05, 0) is 10.5 Å². The van der Waals surface area contributed by atoms with Crippen molar-refractivity contribution in [1.82, 2.24) is 0 Å². The van der Waals surface area contributed by atoms with Gasteiger partial charge in [-0.15, -0.1) is 17.0 Å². The van der Waals surface area contributed by atoms with E-state index in [-0.39, 0.29) is 17.0 Å². The maximum absolute atomic E-state index is 2.28. The molecule has 1 aromatic carbocycles. The summed E-state index contributed by atoms with van der Waals surface area (Å²) in [5.41, 5.74) is 0. The molecule has 1 rings (SSSR count). The lowest BCUT2D eigenvalue weighted by Crippen LogP contribution is -2.10. The summed E-state index contributed by atoms with van der Waals surface area (Å²) in [7, 11) is 0.914. The third kappa shape index (κ3) is 4.90. The molecule has 0 aliphatic rings. The largest absolute Gasteiger partial charge is 0.114 e. The third-order valence-corrected chi connectivity index (χ3v) is 2.67. The Hall–Kier alpha value is 0.130. The first-order valence-corrected chi connectivity index (χ1v) is 4.91. The van der Waals surface area contributed by atoms with Gasteiger partial charge in [-0.1, -0.05) is 59.7 Å². The van der Waals surface area contributed by atoms with Crippen LogP contribution < -0.4 is 5.30 Å². The van der Waals surface area contributed by atoms with Gasteiger partial charge in [0.15, 0.2) is 0 Å². The van der Waals surface area contributed by atoms with Gasteiger partial charge in [0.2, 0.25) is 0 Å². The molecule has 0 radical (unpaired) electrons. The molecule has 0 fully saturated rings. The normalized spacial score (nSPS) is 11.6. The first kappa shape index (κ1) is 12.1. The van der Waals surface area contributed by atoms with E-state index in [4.69, 9.17) is 0 Å². The molecule has 68 valence electrons. The van der Waals surface area contributed by atoms with Crippen molar-refractivity contribution in [3.8, 4) is 0 Å². The molecule has 1 atom stereocenters. The molecule has 0 bridgehead atoms. The molecule has 0 amide bonds. The van der Waals surface area contributed by atoms with Gasteiger partial charge in [0, 0.05) is 0 Å². The van der Waals surface area contributed by atoms with Crippen LogP contribution in [0.1, 0.15) is 20.8 Å². The van der Waals surface area contributed by atoms with Crippen molar-refractivity contribution in [3.63, 3.8) is 0 Å². The number of rotatable bonds is 1. The van der Waals surface area contributed by atoms with Crippen LogP contribution >= 0.6 is 25.6 Å². The van der Waals surface area contributed by atoms with Crippen LogP contribution in [0.15, 0.2) is 30.3 Å². The summed E-state index contributed by atoms with van der Waals surface area (Å²) < 4.78 is 0. The van der Waals surface area contributed by atoms with Crippen LogP contribution in [0.2, 0.25) is 0 Å². The van der Waals surface area contributed by atoms with E-state index in [0.717, 1.165) is 8.58 Å². The predicted octanol–water partition coefficient (Wildman–Crippen LogP) is 3.37. The fourth-order valence-electron chi connectivity index (χ4n) is 0.954. The van der Waals surface area contributed by atoms with Gasteiger partial charge >= 0.3 is 0 Å². The highest BCUT2D eigenvalue weighted by Gasteiger charge is 2.09. The molecular formula is C10H16BrP. The molecule has 0 heterocycles. The van der Waals surface area contributed by atoms with Crippen molar-refractivity contribution in [2.75, 3.05) is 0 Å². The molecule has 2 heteroatoms. The van der Waals surface area contributed by atoms with Gasteiger partial charge < -0.3 is 0 Å². The molecule has 0 saturated heterocycles. The Balaban J connectivity index is 0.00000121. The van der Waals surface area contributed by atoms with Gasteiger partial charge in [0.25, 0.3) is 0 Å². The summed E-state index contributed by atoms with van der Waals surface area (Å²) in [5, 5.41) is 1.89. The molecule has 0 nitrogen and oxygen atoms in total. The second-order valence-electron chi connectivity index (χ2n) is 3.74. The maximum atomic E-state index is 2.28. The van der Waals surface area contributed by atoms with Crippen LogP contribution in [0.3, 0.4) is 0 Å². The number of benzene rings is 1. The average Bonchev–Trinajstić information content (AvgIpc) is 1.85. The second-order valence-corrected chi connectivity index (χ2v) is 6.07. The standard InChI is InChI=1S/C10H15P.BrH/c1-10(2,3)11-9-7-5-4-6-8-9;/h4-8,11H,1-3H3;1H. The van der Waals surface area contributed by atoms with Crippen LogP contribution in [0.25, 0.3) is 0 Å². The highest BCUT2D eigenvalue weighted by Crippen LogP contribution is 2.28. The van der Waals surface area contributed by atoms with Crippen LogP contribution in [-0.2, 0) is 0 Å². The van der Waals surface area contributed by atoms with Gasteiger partial charge in [-0.3, -0.25) is 0 Å². The SMILES string of the molecule is Br.CC(C)(C)Pc1ccccc1. The molecule has 0 aliphatic heterocycles. The van der Waals surface area contributed by atoms with Crippen LogP contribution in [0, 0.1) is 0 Å². The van der Waals surface area contributed by atoms with Crippen LogP contribution in [0.4, 0.5) is 0 Å². The van der Waals surface area contributed by atoms with Crippen LogP contribution in [-0.4, -0.2) is 5.16 Å². The molecular weight excluding hydrogens is 231 g/mol. The van der Waals surface area contributed by atoms with E-state index in [2.05, 4.69) is 51.1 Å². The zero-order valence-electron chi connectivity index (χ0n) is 7.79. The monoisotopic (exact) mass is 246 g/mol.